The fourth-order valence-corrected chi connectivity index (χ4v) is 1.91. The minimum atomic E-state index is -4.49. The summed E-state index contributed by atoms with van der Waals surface area (Å²) in [5.41, 5.74) is -1.13. The maximum Gasteiger partial charge on any atom is 0.408 e. The molecule has 9 heteroatoms. The highest BCUT2D eigenvalue weighted by Gasteiger charge is 2.37. The van der Waals surface area contributed by atoms with Crippen molar-refractivity contribution in [1.29, 1.82) is 0 Å². The summed E-state index contributed by atoms with van der Waals surface area (Å²) in [4.78, 5) is 10.2. The number of nitro groups is 1. The van der Waals surface area contributed by atoms with Gasteiger partial charge in [0.1, 0.15) is 12.2 Å². The highest BCUT2D eigenvalue weighted by molar-refractivity contribution is 9.10. The lowest BCUT2D eigenvalue weighted by Crippen LogP contribution is -2.20. The van der Waals surface area contributed by atoms with Crippen LogP contribution in [0.15, 0.2) is 4.60 Å². The second-order valence-electron chi connectivity index (χ2n) is 4.77. The maximum atomic E-state index is 12.3. The molecule has 0 spiro atoms. The number of alkyl halides is 3. The number of halogens is 4. The molecule has 0 saturated heterocycles. The summed E-state index contributed by atoms with van der Waals surface area (Å²) in [6.07, 6.45) is -4.49. The predicted molar refractivity (Wildman–Crippen MR) is 61.3 cm³/mol. The predicted octanol–water partition coefficient (Wildman–Crippen LogP) is 3.41. The van der Waals surface area contributed by atoms with Crippen LogP contribution >= 0.6 is 15.9 Å². The summed E-state index contributed by atoms with van der Waals surface area (Å²) >= 11 is 2.81. The molecule has 1 aromatic heterocycles. The van der Waals surface area contributed by atoms with Gasteiger partial charge >= 0.3 is 11.9 Å². The molecule has 0 bridgehead atoms. The molecular weight excluding hydrogens is 319 g/mol. The van der Waals surface area contributed by atoms with Crippen LogP contribution in [-0.4, -0.2) is 20.9 Å². The lowest BCUT2D eigenvalue weighted by Gasteiger charge is -2.13. The summed E-state index contributed by atoms with van der Waals surface area (Å²) in [5.74, 6) is 0. The van der Waals surface area contributed by atoms with Gasteiger partial charge in [-0.15, -0.1) is 0 Å². The molecule has 0 aliphatic heterocycles. The summed E-state index contributed by atoms with van der Waals surface area (Å²) in [5, 5.41) is 14.6. The van der Waals surface area contributed by atoms with E-state index in [-0.39, 0.29) is 10.3 Å². The molecule has 102 valence electrons. The number of hydrogen-bond donors (Lipinski definition) is 0. The molecule has 0 aliphatic rings. The van der Waals surface area contributed by atoms with E-state index in [1.165, 1.54) is 0 Å². The van der Waals surface area contributed by atoms with Gasteiger partial charge in [0.15, 0.2) is 4.60 Å². The van der Waals surface area contributed by atoms with Crippen molar-refractivity contribution in [2.75, 3.05) is 0 Å². The number of nitrogens with zero attached hydrogens (tertiary/aromatic N) is 3. The van der Waals surface area contributed by atoms with Crippen LogP contribution in [0.5, 0.6) is 0 Å². The first-order valence-corrected chi connectivity index (χ1v) is 5.70. The molecule has 0 fully saturated rings. The van der Waals surface area contributed by atoms with E-state index in [0.717, 1.165) is 0 Å². The highest BCUT2D eigenvalue weighted by Crippen LogP contribution is 2.37. The van der Waals surface area contributed by atoms with Gasteiger partial charge in [-0.1, -0.05) is 20.8 Å². The molecule has 0 saturated carbocycles. The summed E-state index contributed by atoms with van der Waals surface area (Å²) in [7, 11) is 0. The molecule has 18 heavy (non-hydrogen) atoms. The number of aromatic nitrogens is 2. The van der Waals surface area contributed by atoms with E-state index in [1.807, 2.05) is 0 Å². The minimum absolute atomic E-state index is 0.0172. The third kappa shape index (κ3) is 3.21. The Kier molecular flexibility index (Phi) is 3.75. The molecular formula is C9H11BrF3N3O2. The standard InChI is InChI=1S/C9H11BrF3N3O2/c1-8(2,3)6-5(16(17)18)7(10)15(14-6)4-9(11,12)13/h4H2,1-3H3. The monoisotopic (exact) mass is 329 g/mol. The van der Waals surface area contributed by atoms with Crippen LogP contribution in [0.4, 0.5) is 18.9 Å². The number of rotatable bonds is 2. The van der Waals surface area contributed by atoms with E-state index < -0.39 is 28.7 Å². The van der Waals surface area contributed by atoms with Crippen molar-refractivity contribution in [3.05, 3.63) is 20.4 Å². The second kappa shape index (κ2) is 4.52. The first-order chi connectivity index (χ1) is 7.93. The van der Waals surface area contributed by atoms with E-state index in [9.17, 15) is 23.3 Å². The fraction of sp³-hybridized carbons (Fsp3) is 0.667. The largest absolute Gasteiger partial charge is 0.408 e. The van der Waals surface area contributed by atoms with E-state index in [0.29, 0.717) is 4.68 Å². The Morgan fingerprint density at radius 3 is 2.17 bits per heavy atom. The Bertz CT molecular complexity index is 477. The van der Waals surface area contributed by atoms with Crippen LogP contribution in [0, 0.1) is 10.1 Å². The van der Waals surface area contributed by atoms with E-state index in [4.69, 9.17) is 0 Å². The van der Waals surface area contributed by atoms with Gasteiger partial charge in [0, 0.05) is 5.41 Å². The lowest BCUT2D eigenvalue weighted by molar-refractivity contribution is -0.386. The molecule has 1 heterocycles. The maximum absolute atomic E-state index is 12.3. The van der Waals surface area contributed by atoms with Gasteiger partial charge in [0.2, 0.25) is 0 Å². The summed E-state index contributed by atoms with van der Waals surface area (Å²) in [6.45, 7) is 3.57. The Labute approximate surface area is 109 Å². The van der Waals surface area contributed by atoms with Gasteiger partial charge < -0.3 is 0 Å². The second-order valence-corrected chi connectivity index (χ2v) is 5.52. The molecule has 1 aromatic rings. The van der Waals surface area contributed by atoms with Crippen molar-refractivity contribution >= 4 is 21.6 Å². The average Bonchev–Trinajstić information content (AvgIpc) is 2.40. The van der Waals surface area contributed by atoms with E-state index in [1.54, 1.807) is 20.8 Å². The first-order valence-electron chi connectivity index (χ1n) is 4.91. The van der Waals surface area contributed by atoms with E-state index >= 15 is 0 Å². The summed E-state index contributed by atoms with van der Waals surface area (Å²) in [6, 6.07) is 0. The molecule has 0 aromatic carbocycles. The van der Waals surface area contributed by atoms with Gasteiger partial charge in [0.25, 0.3) is 0 Å². The van der Waals surface area contributed by atoms with Crippen molar-refractivity contribution < 1.29 is 18.1 Å². The SMILES string of the molecule is CC(C)(C)c1nn(CC(F)(F)F)c(Br)c1[N+](=O)[O-]. The van der Waals surface area contributed by atoms with Crippen LogP contribution in [0.2, 0.25) is 0 Å². The average molecular weight is 330 g/mol. The molecule has 5 nitrogen and oxygen atoms in total. The lowest BCUT2D eigenvalue weighted by atomic mass is 9.91. The third-order valence-electron chi connectivity index (χ3n) is 2.09. The Morgan fingerprint density at radius 2 is 1.89 bits per heavy atom. The molecule has 1 rings (SSSR count). The quantitative estimate of drug-likeness (QED) is 0.617. The molecule has 0 atom stereocenters. The van der Waals surface area contributed by atoms with Crippen LogP contribution in [0.3, 0.4) is 0 Å². The smallest absolute Gasteiger partial charge is 0.258 e. The Morgan fingerprint density at radius 1 is 1.39 bits per heavy atom. The van der Waals surface area contributed by atoms with Gasteiger partial charge in [-0.05, 0) is 15.9 Å². The molecule has 0 N–H and O–H groups in total. The van der Waals surface area contributed by atoms with Crippen molar-refractivity contribution in [1.82, 2.24) is 9.78 Å². The molecule has 0 radical (unpaired) electrons. The van der Waals surface area contributed by atoms with Crippen LogP contribution < -0.4 is 0 Å². The van der Waals surface area contributed by atoms with Crippen LogP contribution in [0.25, 0.3) is 0 Å². The molecule has 0 unspecified atom stereocenters. The first kappa shape index (κ1) is 14.9. The normalized spacial score (nSPS) is 12.8. The number of hydrogen-bond acceptors (Lipinski definition) is 3. The zero-order valence-electron chi connectivity index (χ0n) is 9.88. The van der Waals surface area contributed by atoms with Crippen molar-refractivity contribution in [3.8, 4) is 0 Å². The molecule has 0 aliphatic carbocycles. The molecule has 0 amide bonds. The van der Waals surface area contributed by atoms with Gasteiger partial charge in [-0.3, -0.25) is 10.1 Å². The van der Waals surface area contributed by atoms with E-state index in [2.05, 4.69) is 21.0 Å². The Balaban J connectivity index is 3.38. The van der Waals surface area contributed by atoms with Gasteiger partial charge in [-0.2, -0.15) is 18.3 Å². The fourth-order valence-electron chi connectivity index (χ4n) is 1.37. The minimum Gasteiger partial charge on any atom is -0.258 e. The zero-order valence-corrected chi connectivity index (χ0v) is 11.5. The zero-order chi connectivity index (χ0) is 14.3. The topological polar surface area (TPSA) is 61.0 Å². The summed E-state index contributed by atoms with van der Waals surface area (Å²) < 4.78 is 37.2. The van der Waals surface area contributed by atoms with Gasteiger partial charge in [-0.25, -0.2) is 4.68 Å². The highest BCUT2D eigenvalue weighted by atomic mass is 79.9. The van der Waals surface area contributed by atoms with Crippen molar-refractivity contribution in [2.45, 2.75) is 38.9 Å². The van der Waals surface area contributed by atoms with Crippen molar-refractivity contribution in [2.24, 2.45) is 0 Å². The third-order valence-corrected chi connectivity index (χ3v) is 2.87. The van der Waals surface area contributed by atoms with Gasteiger partial charge in [0.05, 0.1) is 4.92 Å². The van der Waals surface area contributed by atoms with Crippen LogP contribution in [-0.2, 0) is 12.0 Å². The Hall–Kier alpha value is -1.12. The van der Waals surface area contributed by atoms with Crippen LogP contribution in [0.1, 0.15) is 26.5 Å². The van der Waals surface area contributed by atoms with Crippen molar-refractivity contribution in [3.63, 3.8) is 0 Å².